The highest BCUT2D eigenvalue weighted by atomic mass is 32.2. The highest BCUT2D eigenvalue weighted by molar-refractivity contribution is 7.89. The van der Waals surface area contributed by atoms with Crippen LogP contribution in [0.2, 0.25) is 0 Å². The first-order valence-corrected chi connectivity index (χ1v) is 7.02. The molecule has 1 aromatic heterocycles. The van der Waals surface area contributed by atoms with Crippen LogP contribution in [0.15, 0.2) is 24.4 Å². The Balaban J connectivity index is 2.94. The average molecular weight is 242 g/mol. The molecule has 0 aliphatic rings. The number of hydrogen-bond donors (Lipinski definition) is 1. The van der Waals surface area contributed by atoms with Gasteiger partial charge in [-0.05, 0) is 25.0 Å². The third kappa shape index (κ3) is 3.57. The Morgan fingerprint density at radius 1 is 1.38 bits per heavy atom. The molecule has 1 atom stereocenters. The highest BCUT2D eigenvalue weighted by Gasteiger charge is 2.21. The van der Waals surface area contributed by atoms with Gasteiger partial charge in [-0.25, -0.2) is 13.1 Å². The number of pyridine rings is 1. The molecule has 0 aromatic carbocycles. The molecule has 0 spiro atoms. The van der Waals surface area contributed by atoms with Gasteiger partial charge in [0.15, 0.2) is 0 Å². The minimum absolute atomic E-state index is 0.0864. The van der Waals surface area contributed by atoms with Crippen molar-refractivity contribution >= 4 is 10.0 Å². The van der Waals surface area contributed by atoms with Gasteiger partial charge in [0.05, 0.1) is 17.5 Å². The van der Waals surface area contributed by atoms with Gasteiger partial charge >= 0.3 is 0 Å². The molecule has 1 rings (SSSR count). The van der Waals surface area contributed by atoms with Gasteiger partial charge in [-0.2, -0.15) is 0 Å². The molecule has 0 saturated heterocycles. The van der Waals surface area contributed by atoms with E-state index in [9.17, 15) is 8.42 Å². The lowest BCUT2D eigenvalue weighted by Crippen LogP contribution is -2.33. The second kappa shape index (κ2) is 5.41. The number of rotatable bonds is 5. The van der Waals surface area contributed by atoms with Crippen LogP contribution in [0.5, 0.6) is 0 Å². The summed E-state index contributed by atoms with van der Waals surface area (Å²) in [4.78, 5) is 4.19. The second-order valence-electron chi connectivity index (χ2n) is 4.00. The Morgan fingerprint density at radius 2 is 2.06 bits per heavy atom. The molecule has 90 valence electrons. The van der Waals surface area contributed by atoms with E-state index in [1.165, 1.54) is 0 Å². The maximum atomic E-state index is 11.5. The van der Waals surface area contributed by atoms with Crippen molar-refractivity contribution in [1.82, 2.24) is 9.71 Å². The Morgan fingerprint density at radius 3 is 2.50 bits per heavy atom. The summed E-state index contributed by atoms with van der Waals surface area (Å²) < 4.78 is 25.8. The zero-order valence-electron chi connectivity index (χ0n) is 9.84. The summed E-state index contributed by atoms with van der Waals surface area (Å²) >= 11 is 0. The monoisotopic (exact) mass is 242 g/mol. The van der Waals surface area contributed by atoms with Crippen molar-refractivity contribution in [3.05, 3.63) is 30.1 Å². The van der Waals surface area contributed by atoms with E-state index < -0.39 is 10.0 Å². The summed E-state index contributed by atoms with van der Waals surface area (Å²) in [6, 6.07) is 5.25. The quantitative estimate of drug-likeness (QED) is 0.855. The third-order valence-electron chi connectivity index (χ3n) is 2.36. The van der Waals surface area contributed by atoms with Crippen LogP contribution in [0.25, 0.3) is 0 Å². The molecule has 4 nitrogen and oxygen atoms in total. The van der Waals surface area contributed by atoms with E-state index in [0.717, 1.165) is 5.69 Å². The molecular weight excluding hydrogens is 224 g/mol. The van der Waals surface area contributed by atoms with Crippen LogP contribution in [0.3, 0.4) is 0 Å². The van der Waals surface area contributed by atoms with Gasteiger partial charge in [0.1, 0.15) is 0 Å². The highest BCUT2D eigenvalue weighted by Crippen LogP contribution is 2.20. The lowest BCUT2D eigenvalue weighted by Gasteiger charge is -2.21. The molecule has 0 radical (unpaired) electrons. The standard InChI is InChI=1S/C11H18N2O2S/c1-4-16(14,15)13-11(9(2)3)10-7-5-6-8-12-10/h5-9,11,13H,4H2,1-3H3. The minimum atomic E-state index is -3.20. The molecule has 1 aromatic rings. The van der Waals surface area contributed by atoms with Crippen LogP contribution in [0.4, 0.5) is 0 Å². The average Bonchev–Trinajstić information content (AvgIpc) is 2.27. The van der Waals surface area contributed by atoms with Gasteiger partial charge in [-0.1, -0.05) is 19.9 Å². The minimum Gasteiger partial charge on any atom is -0.260 e. The lowest BCUT2D eigenvalue weighted by molar-refractivity contribution is 0.454. The number of sulfonamides is 1. The van der Waals surface area contributed by atoms with Crippen LogP contribution in [-0.4, -0.2) is 19.2 Å². The van der Waals surface area contributed by atoms with Gasteiger partial charge in [0.25, 0.3) is 0 Å². The zero-order chi connectivity index (χ0) is 12.2. The normalized spacial score (nSPS) is 14.0. The van der Waals surface area contributed by atoms with Crippen molar-refractivity contribution in [1.29, 1.82) is 0 Å². The number of hydrogen-bond acceptors (Lipinski definition) is 3. The third-order valence-corrected chi connectivity index (χ3v) is 3.73. The molecule has 0 amide bonds. The molecular formula is C11H18N2O2S. The first-order valence-electron chi connectivity index (χ1n) is 5.37. The van der Waals surface area contributed by atoms with E-state index in [-0.39, 0.29) is 17.7 Å². The SMILES string of the molecule is CCS(=O)(=O)NC(c1ccccn1)C(C)C. The molecule has 0 saturated carbocycles. The lowest BCUT2D eigenvalue weighted by atomic mass is 10.0. The van der Waals surface area contributed by atoms with Gasteiger partial charge in [-0.15, -0.1) is 0 Å². The largest absolute Gasteiger partial charge is 0.260 e. The van der Waals surface area contributed by atoms with Crippen LogP contribution < -0.4 is 4.72 Å². The second-order valence-corrected chi connectivity index (χ2v) is 6.04. The fraction of sp³-hybridized carbons (Fsp3) is 0.545. The van der Waals surface area contributed by atoms with Crippen LogP contribution in [0.1, 0.15) is 32.5 Å². The Kier molecular flexibility index (Phi) is 4.44. The number of nitrogens with zero attached hydrogens (tertiary/aromatic N) is 1. The van der Waals surface area contributed by atoms with Crippen molar-refractivity contribution in [2.75, 3.05) is 5.75 Å². The van der Waals surface area contributed by atoms with Crippen molar-refractivity contribution < 1.29 is 8.42 Å². The van der Waals surface area contributed by atoms with Crippen LogP contribution >= 0.6 is 0 Å². The summed E-state index contributed by atoms with van der Waals surface area (Å²) in [6.45, 7) is 5.56. The first kappa shape index (κ1) is 13.1. The van der Waals surface area contributed by atoms with Gasteiger partial charge in [0, 0.05) is 6.20 Å². The molecule has 5 heteroatoms. The van der Waals surface area contributed by atoms with E-state index in [0.29, 0.717) is 0 Å². The van der Waals surface area contributed by atoms with Crippen molar-refractivity contribution in [3.63, 3.8) is 0 Å². The van der Waals surface area contributed by atoms with Gasteiger partial charge in [-0.3, -0.25) is 4.98 Å². The zero-order valence-corrected chi connectivity index (χ0v) is 10.7. The van der Waals surface area contributed by atoms with Crippen LogP contribution in [-0.2, 0) is 10.0 Å². The molecule has 0 aliphatic carbocycles. The Labute approximate surface area is 97.2 Å². The maximum absolute atomic E-state index is 11.5. The molecule has 1 N–H and O–H groups in total. The predicted molar refractivity (Wildman–Crippen MR) is 64.4 cm³/mol. The first-order chi connectivity index (χ1) is 7.46. The Hall–Kier alpha value is -0.940. The number of nitrogens with one attached hydrogen (secondary N) is 1. The molecule has 16 heavy (non-hydrogen) atoms. The predicted octanol–water partition coefficient (Wildman–Crippen LogP) is 1.72. The van der Waals surface area contributed by atoms with Gasteiger partial charge < -0.3 is 0 Å². The van der Waals surface area contributed by atoms with E-state index in [1.807, 2.05) is 32.0 Å². The van der Waals surface area contributed by atoms with Crippen molar-refractivity contribution in [2.24, 2.45) is 5.92 Å². The molecule has 1 heterocycles. The smallest absolute Gasteiger partial charge is 0.211 e. The Bertz CT molecular complexity index is 415. The summed E-state index contributed by atoms with van der Waals surface area (Å²) in [5, 5.41) is 0. The molecule has 1 unspecified atom stereocenters. The maximum Gasteiger partial charge on any atom is 0.211 e. The van der Waals surface area contributed by atoms with Crippen molar-refractivity contribution in [3.8, 4) is 0 Å². The molecule has 0 bridgehead atoms. The fourth-order valence-corrected chi connectivity index (χ4v) is 2.32. The van der Waals surface area contributed by atoms with Crippen molar-refractivity contribution in [2.45, 2.75) is 26.8 Å². The summed E-state index contributed by atoms with van der Waals surface area (Å²) in [6.07, 6.45) is 1.67. The summed E-state index contributed by atoms with van der Waals surface area (Å²) in [5.74, 6) is 0.250. The van der Waals surface area contributed by atoms with Crippen LogP contribution in [0, 0.1) is 5.92 Å². The number of aromatic nitrogens is 1. The molecule has 0 aliphatic heterocycles. The van der Waals surface area contributed by atoms with E-state index in [1.54, 1.807) is 13.1 Å². The van der Waals surface area contributed by atoms with E-state index in [4.69, 9.17) is 0 Å². The topological polar surface area (TPSA) is 59.1 Å². The molecule has 0 fully saturated rings. The fourth-order valence-electron chi connectivity index (χ4n) is 1.37. The summed E-state index contributed by atoms with van der Waals surface area (Å²) in [5.41, 5.74) is 0.759. The van der Waals surface area contributed by atoms with Gasteiger partial charge in [0.2, 0.25) is 10.0 Å². The van der Waals surface area contributed by atoms with E-state index >= 15 is 0 Å². The van der Waals surface area contributed by atoms with E-state index in [2.05, 4.69) is 9.71 Å². The summed E-state index contributed by atoms with van der Waals surface area (Å²) in [7, 11) is -3.20.